The Morgan fingerprint density at radius 1 is 0.640 bits per heavy atom. The van der Waals surface area contributed by atoms with Crippen LogP contribution in [0.3, 0.4) is 0 Å². The van der Waals surface area contributed by atoms with Crippen LogP contribution in [0, 0.1) is 11.3 Å². The second-order valence-electron chi connectivity index (χ2n) is 14.9. The van der Waals surface area contributed by atoms with Gasteiger partial charge in [-0.1, -0.05) is 126 Å². The summed E-state index contributed by atoms with van der Waals surface area (Å²) in [4.78, 5) is 10.0. The Hall–Kier alpha value is -5.99. The molecule has 0 bridgehead atoms. The third-order valence-corrected chi connectivity index (χ3v) is 9.30. The summed E-state index contributed by atoms with van der Waals surface area (Å²) in [6.45, 7) is 13.0. The average Bonchev–Trinajstić information content (AvgIpc) is 3.50. The number of nitriles is 1. The SMILES string of the molecule is CC(C)(C)c1cc(-c2nc3c(-c4cccc(-c5cc(C#N)ccn5)c4)cccc3n2-c2ccccc2-c2ccccc2)c(O)c(C(C)(C)C)c1. The summed E-state index contributed by atoms with van der Waals surface area (Å²) >= 11 is 0. The highest BCUT2D eigenvalue weighted by atomic mass is 16.3. The fourth-order valence-electron chi connectivity index (χ4n) is 6.60. The van der Waals surface area contributed by atoms with Gasteiger partial charge in [-0.15, -0.1) is 0 Å². The molecule has 246 valence electrons. The summed E-state index contributed by atoms with van der Waals surface area (Å²) in [6.07, 6.45) is 1.67. The number of hydrogen-bond acceptors (Lipinski definition) is 4. The molecule has 0 amide bonds. The van der Waals surface area contributed by atoms with Crippen LogP contribution in [0.1, 0.15) is 58.2 Å². The lowest BCUT2D eigenvalue weighted by Crippen LogP contribution is -2.17. The molecule has 0 atom stereocenters. The van der Waals surface area contributed by atoms with Crippen LogP contribution in [-0.2, 0) is 10.8 Å². The molecule has 0 aliphatic heterocycles. The van der Waals surface area contributed by atoms with Crippen LogP contribution >= 0.6 is 0 Å². The van der Waals surface area contributed by atoms with Crippen LogP contribution in [-0.4, -0.2) is 19.6 Å². The third-order valence-electron chi connectivity index (χ3n) is 9.30. The van der Waals surface area contributed by atoms with E-state index in [1.54, 1.807) is 12.3 Å². The number of phenols is 1. The summed E-state index contributed by atoms with van der Waals surface area (Å²) in [7, 11) is 0. The van der Waals surface area contributed by atoms with E-state index in [0.717, 1.165) is 61.4 Å². The number of hydrogen-bond donors (Lipinski definition) is 1. The van der Waals surface area contributed by atoms with Gasteiger partial charge in [0.1, 0.15) is 11.6 Å². The molecule has 2 heterocycles. The van der Waals surface area contributed by atoms with Gasteiger partial charge in [0, 0.05) is 28.5 Å². The lowest BCUT2D eigenvalue weighted by atomic mass is 9.79. The van der Waals surface area contributed by atoms with Gasteiger partial charge in [0.05, 0.1) is 39.6 Å². The second kappa shape index (κ2) is 12.5. The third kappa shape index (κ3) is 5.95. The smallest absolute Gasteiger partial charge is 0.149 e. The van der Waals surface area contributed by atoms with Crippen molar-refractivity contribution in [2.24, 2.45) is 0 Å². The van der Waals surface area contributed by atoms with Gasteiger partial charge in [-0.2, -0.15) is 5.26 Å². The fraction of sp³-hybridized carbons (Fsp3) is 0.178. The van der Waals surface area contributed by atoms with Crippen molar-refractivity contribution in [2.75, 3.05) is 0 Å². The van der Waals surface area contributed by atoms with Gasteiger partial charge in [-0.25, -0.2) is 4.98 Å². The van der Waals surface area contributed by atoms with E-state index >= 15 is 0 Å². The largest absolute Gasteiger partial charge is 0.507 e. The molecule has 0 saturated carbocycles. The molecule has 7 aromatic rings. The minimum atomic E-state index is -0.304. The molecule has 0 spiro atoms. The Morgan fingerprint density at radius 2 is 1.32 bits per heavy atom. The summed E-state index contributed by atoms with van der Waals surface area (Å²) in [6, 6.07) is 43.3. The maximum Gasteiger partial charge on any atom is 0.149 e. The monoisotopic (exact) mass is 652 g/mol. The van der Waals surface area contributed by atoms with E-state index in [1.807, 2.05) is 24.3 Å². The number of aromatic hydroxyl groups is 1. The maximum absolute atomic E-state index is 12.2. The van der Waals surface area contributed by atoms with E-state index in [4.69, 9.17) is 4.98 Å². The zero-order valence-corrected chi connectivity index (χ0v) is 29.4. The summed E-state index contributed by atoms with van der Waals surface area (Å²) in [5.41, 5.74) is 11.3. The van der Waals surface area contributed by atoms with Crippen molar-refractivity contribution in [1.82, 2.24) is 14.5 Å². The molecule has 0 aliphatic carbocycles. The molecule has 0 fully saturated rings. The molecule has 0 radical (unpaired) electrons. The summed E-state index contributed by atoms with van der Waals surface area (Å²) in [5.74, 6) is 0.913. The van der Waals surface area contributed by atoms with Crippen molar-refractivity contribution in [3.05, 3.63) is 144 Å². The Balaban J connectivity index is 1.56. The Bertz CT molecular complexity index is 2420. The first kappa shape index (κ1) is 32.6. The fourth-order valence-corrected chi connectivity index (χ4v) is 6.60. The molecular formula is C45H40N4O. The lowest BCUT2D eigenvalue weighted by molar-refractivity contribution is 0.446. The predicted molar refractivity (Wildman–Crippen MR) is 204 cm³/mol. The highest BCUT2D eigenvalue weighted by molar-refractivity contribution is 5.97. The number of pyridine rings is 1. The normalized spacial score (nSPS) is 11.9. The first-order valence-corrected chi connectivity index (χ1v) is 17.0. The number of imidazole rings is 1. The minimum Gasteiger partial charge on any atom is -0.507 e. The van der Waals surface area contributed by atoms with E-state index < -0.39 is 0 Å². The van der Waals surface area contributed by atoms with Crippen molar-refractivity contribution < 1.29 is 5.11 Å². The molecule has 7 rings (SSSR count). The van der Waals surface area contributed by atoms with E-state index in [0.29, 0.717) is 17.0 Å². The predicted octanol–water partition coefficient (Wildman–Crippen LogP) is 11.3. The molecule has 0 saturated heterocycles. The van der Waals surface area contributed by atoms with Gasteiger partial charge in [0.15, 0.2) is 0 Å². The van der Waals surface area contributed by atoms with Crippen molar-refractivity contribution in [3.8, 4) is 62.4 Å². The van der Waals surface area contributed by atoms with Crippen LogP contribution in [0.15, 0.2) is 128 Å². The molecule has 0 unspecified atom stereocenters. The minimum absolute atomic E-state index is 0.163. The number of nitrogens with zero attached hydrogens (tertiary/aromatic N) is 4. The standard InChI is InChI=1S/C45H40N4O/c1-44(2,3)33-26-36(42(50)37(27-33)45(4,5)6)43-48-41-35(31-16-12-17-32(25-31)38-24-29(28-46)22-23-47-38)19-13-21-40(41)49(43)39-20-11-10-18-34(39)30-14-8-7-9-15-30/h7-27,50H,1-6H3. The molecule has 2 aromatic heterocycles. The number of fused-ring (bicyclic) bond motifs is 1. The topological polar surface area (TPSA) is 74.7 Å². The molecule has 1 N–H and O–H groups in total. The van der Waals surface area contributed by atoms with E-state index in [9.17, 15) is 10.4 Å². The van der Waals surface area contributed by atoms with Crippen LogP contribution in [0.2, 0.25) is 0 Å². The van der Waals surface area contributed by atoms with Crippen molar-refractivity contribution in [3.63, 3.8) is 0 Å². The van der Waals surface area contributed by atoms with Gasteiger partial charge in [0.25, 0.3) is 0 Å². The van der Waals surface area contributed by atoms with Gasteiger partial charge in [-0.05, 0) is 63.9 Å². The lowest BCUT2D eigenvalue weighted by Gasteiger charge is -2.27. The highest BCUT2D eigenvalue weighted by Crippen LogP contribution is 2.45. The van der Waals surface area contributed by atoms with Crippen molar-refractivity contribution in [1.29, 1.82) is 5.26 Å². The molecule has 0 aliphatic rings. The van der Waals surface area contributed by atoms with Gasteiger partial charge < -0.3 is 5.11 Å². The first-order chi connectivity index (χ1) is 23.9. The van der Waals surface area contributed by atoms with E-state index in [2.05, 4.69) is 148 Å². The van der Waals surface area contributed by atoms with Gasteiger partial charge in [-0.3, -0.25) is 9.55 Å². The number of para-hydroxylation sites is 2. The first-order valence-electron chi connectivity index (χ1n) is 17.0. The number of phenolic OH excluding ortho intramolecular Hbond substituents is 1. The Kier molecular flexibility index (Phi) is 8.12. The van der Waals surface area contributed by atoms with Gasteiger partial charge >= 0.3 is 0 Å². The summed E-state index contributed by atoms with van der Waals surface area (Å²) in [5, 5.41) is 21.7. The number of benzene rings is 5. The van der Waals surface area contributed by atoms with E-state index in [1.165, 1.54) is 0 Å². The number of aromatic nitrogens is 3. The maximum atomic E-state index is 12.2. The summed E-state index contributed by atoms with van der Waals surface area (Å²) < 4.78 is 2.21. The molecule has 5 aromatic carbocycles. The zero-order valence-electron chi connectivity index (χ0n) is 29.4. The van der Waals surface area contributed by atoms with Gasteiger partial charge in [0.2, 0.25) is 0 Å². The quantitative estimate of drug-likeness (QED) is 0.201. The Labute approximate surface area is 294 Å². The van der Waals surface area contributed by atoms with E-state index in [-0.39, 0.29) is 16.6 Å². The van der Waals surface area contributed by atoms with Crippen LogP contribution in [0.5, 0.6) is 5.75 Å². The van der Waals surface area contributed by atoms with Crippen molar-refractivity contribution >= 4 is 11.0 Å². The van der Waals surface area contributed by atoms with Crippen LogP contribution in [0.25, 0.3) is 61.6 Å². The second-order valence-corrected chi connectivity index (χ2v) is 14.9. The van der Waals surface area contributed by atoms with Crippen LogP contribution < -0.4 is 0 Å². The molecule has 5 heteroatoms. The Morgan fingerprint density at radius 3 is 2.06 bits per heavy atom. The molecule has 50 heavy (non-hydrogen) atoms. The highest BCUT2D eigenvalue weighted by Gasteiger charge is 2.29. The number of rotatable bonds is 5. The average molecular weight is 653 g/mol. The van der Waals surface area contributed by atoms with Crippen LogP contribution in [0.4, 0.5) is 0 Å². The molecule has 5 nitrogen and oxygen atoms in total. The zero-order chi connectivity index (χ0) is 35.2. The molecular weight excluding hydrogens is 613 g/mol. The van der Waals surface area contributed by atoms with Crippen molar-refractivity contribution in [2.45, 2.75) is 52.4 Å².